The number of aryl methyl sites for hydroxylation is 1. The van der Waals surface area contributed by atoms with Gasteiger partial charge in [0.05, 0.1) is 12.1 Å². The lowest BCUT2D eigenvalue weighted by atomic mass is 10.1. The van der Waals surface area contributed by atoms with E-state index in [2.05, 4.69) is 5.32 Å². The first-order chi connectivity index (χ1) is 12.0. The lowest BCUT2D eigenvalue weighted by molar-refractivity contribution is 0.102. The summed E-state index contributed by atoms with van der Waals surface area (Å²) in [5, 5.41) is 2.68. The fraction of sp³-hybridized carbons (Fsp3) is 0.100. The van der Waals surface area contributed by atoms with Crippen LogP contribution in [0.3, 0.4) is 0 Å². The Morgan fingerprint density at radius 3 is 2.56 bits per heavy atom. The van der Waals surface area contributed by atoms with E-state index in [1.54, 1.807) is 0 Å². The molecule has 1 aromatic heterocycles. The molecule has 0 saturated heterocycles. The third-order valence-electron chi connectivity index (χ3n) is 3.78. The standard InChI is InChI=1S/C20H17FN2O2/c1-14-3-2-4-15(11-14)12-23-13-16(5-10-19(23)24)20(25)22-18-8-6-17(21)7-9-18/h2-11,13H,12H2,1H3,(H,22,25). The second-order valence-corrected chi connectivity index (χ2v) is 5.83. The van der Waals surface area contributed by atoms with Gasteiger partial charge in [0.1, 0.15) is 5.82 Å². The molecular weight excluding hydrogens is 319 g/mol. The predicted octanol–water partition coefficient (Wildman–Crippen LogP) is 3.60. The fourth-order valence-corrected chi connectivity index (χ4v) is 2.53. The first kappa shape index (κ1) is 16.6. The Morgan fingerprint density at radius 1 is 1.08 bits per heavy atom. The van der Waals surface area contributed by atoms with E-state index in [0.717, 1.165) is 11.1 Å². The Kier molecular flexibility index (Phi) is 4.75. The van der Waals surface area contributed by atoms with E-state index in [4.69, 9.17) is 0 Å². The van der Waals surface area contributed by atoms with Crippen LogP contribution in [0, 0.1) is 12.7 Å². The molecular formula is C20H17FN2O2. The van der Waals surface area contributed by atoms with Crippen LogP contribution in [0.15, 0.2) is 71.7 Å². The molecule has 0 unspecified atom stereocenters. The number of pyridine rings is 1. The highest BCUT2D eigenvalue weighted by Gasteiger charge is 2.09. The molecule has 1 N–H and O–H groups in total. The normalized spacial score (nSPS) is 10.5. The number of hydrogen-bond donors (Lipinski definition) is 1. The molecule has 3 rings (SSSR count). The minimum atomic E-state index is -0.371. The van der Waals surface area contributed by atoms with Gasteiger partial charge in [-0.15, -0.1) is 0 Å². The maximum Gasteiger partial charge on any atom is 0.257 e. The molecule has 126 valence electrons. The summed E-state index contributed by atoms with van der Waals surface area (Å²) in [4.78, 5) is 24.4. The average Bonchev–Trinajstić information content (AvgIpc) is 2.59. The zero-order chi connectivity index (χ0) is 17.8. The van der Waals surface area contributed by atoms with Crippen LogP contribution < -0.4 is 10.9 Å². The van der Waals surface area contributed by atoms with Crippen molar-refractivity contribution in [2.24, 2.45) is 0 Å². The number of nitrogens with zero attached hydrogens (tertiary/aromatic N) is 1. The lowest BCUT2D eigenvalue weighted by Gasteiger charge is -2.10. The van der Waals surface area contributed by atoms with Gasteiger partial charge in [-0.05, 0) is 42.8 Å². The molecule has 2 aromatic carbocycles. The zero-order valence-electron chi connectivity index (χ0n) is 13.7. The number of aromatic nitrogens is 1. The van der Waals surface area contributed by atoms with Crippen molar-refractivity contribution in [2.75, 3.05) is 5.32 Å². The van der Waals surface area contributed by atoms with Gasteiger partial charge in [-0.2, -0.15) is 0 Å². The van der Waals surface area contributed by atoms with Gasteiger partial charge in [0.15, 0.2) is 0 Å². The van der Waals surface area contributed by atoms with Crippen LogP contribution in [0.5, 0.6) is 0 Å². The summed E-state index contributed by atoms with van der Waals surface area (Å²) in [6.45, 7) is 2.37. The Morgan fingerprint density at radius 2 is 1.84 bits per heavy atom. The molecule has 0 spiro atoms. The Bertz CT molecular complexity index is 962. The molecule has 1 heterocycles. The van der Waals surface area contributed by atoms with Gasteiger partial charge < -0.3 is 9.88 Å². The number of anilines is 1. The lowest BCUT2D eigenvalue weighted by Crippen LogP contribution is -2.22. The van der Waals surface area contributed by atoms with E-state index in [-0.39, 0.29) is 17.3 Å². The summed E-state index contributed by atoms with van der Waals surface area (Å²) in [6, 6.07) is 16.2. The van der Waals surface area contributed by atoms with Crippen LogP contribution in [0.4, 0.5) is 10.1 Å². The fourth-order valence-electron chi connectivity index (χ4n) is 2.53. The minimum absolute atomic E-state index is 0.181. The number of benzene rings is 2. The monoisotopic (exact) mass is 336 g/mol. The molecule has 4 nitrogen and oxygen atoms in total. The van der Waals surface area contributed by atoms with Gasteiger partial charge in [0.25, 0.3) is 11.5 Å². The summed E-state index contributed by atoms with van der Waals surface area (Å²) >= 11 is 0. The van der Waals surface area contributed by atoms with Gasteiger partial charge in [0.2, 0.25) is 0 Å². The summed E-state index contributed by atoms with van der Waals surface area (Å²) in [7, 11) is 0. The Labute approximate surface area is 144 Å². The van der Waals surface area contributed by atoms with Crippen LogP contribution in [-0.2, 0) is 6.54 Å². The molecule has 3 aromatic rings. The van der Waals surface area contributed by atoms with Crippen LogP contribution in [0.2, 0.25) is 0 Å². The molecule has 0 atom stereocenters. The van der Waals surface area contributed by atoms with Gasteiger partial charge in [-0.1, -0.05) is 29.8 Å². The highest BCUT2D eigenvalue weighted by atomic mass is 19.1. The second-order valence-electron chi connectivity index (χ2n) is 5.83. The topological polar surface area (TPSA) is 51.1 Å². The average molecular weight is 336 g/mol. The van der Waals surface area contributed by atoms with Gasteiger partial charge in [-0.3, -0.25) is 9.59 Å². The van der Waals surface area contributed by atoms with Gasteiger partial charge >= 0.3 is 0 Å². The molecule has 0 saturated carbocycles. The highest BCUT2D eigenvalue weighted by molar-refractivity contribution is 6.04. The molecule has 0 radical (unpaired) electrons. The molecule has 0 bridgehead atoms. The van der Waals surface area contributed by atoms with Crippen LogP contribution in [0.1, 0.15) is 21.5 Å². The molecule has 0 aliphatic heterocycles. The van der Waals surface area contributed by atoms with Crippen LogP contribution >= 0.6 is 0 Å². The maximum atomic E-state index is 12.9. The summed E-state index contributed by atoms with van der Waals surface area (Å²) < 4.78 is 14.4. The zero-order valence-corrected chi connectivity index (χ0v) is 13.7. The van der Waals surface area contributed by atoms with Crippen molar-refractivity contribution in [3.05, 3.63) is 99.7 Å². The smallest absolute Gasteiger partial charge is 0.257 e. The van der Waals surface area contributed by atoms with E-state index in [1.165, 1.54) is 47.2 Å². The number of amides is 1. The van der Waals surface area contributed by atoms with Gasteiger partial charge in [0, 0.05) is 18.0 Å². The first-order valence-corrected chi connectivity index (χ1v) is 7.84. The third kappa shape index (κ3) is 4.20. The molecule has 1 amide bonds. The van der Waals surface area contributed by atoms with Crippen molar-refractivity contribution in [1.29, 1.82) is 0 Å². The number of halogens is 1. The molecule has 0 aliphatic rings. The number of nitrogens with one attached hydrogen (secondary N) is 1. The SMILES string of the molecule is Cc1cccc(Cn2cc(C(=O)Nc3ccc(F)cc3)ccc2=O)c1. The molecule has 5 heteroatoms. The predicted molar refractivity (Wildman–Crippen MR) is 95.3 cm³/mol. The van der Waals surface area contributed by atoms with Gasteiger partial charge in [-0.25, -0.2) is 4.39 Å². The highest BCUT2D eigenvalue weighted by Crippen LogP contribution is 2.11. The Hall–Kier alpha value is -3.21. The summed E-state index contributed by atoms with van der Waals surface area (Å²) in [5.41, 5.74) is 2.76. The largest absolute Gasteiger partial charge is 0.322 e. The molecule has 0 fully saturated rings. The second kappa shape index (κ2) is 7.13. The van der Waals surface area contributed by atoms with E-state index in [0.29, 0.717) is 17.8 Å². The number of carbonyl (C=O) groups excluding carboxylic acids is 1. The van der Waals surface area contributed by atoms with E-state index in [1.807, 2.05) is 31.2 Å². The maximum absolute atomic E-state index is 12.9. The van der Waals surface area contributed by atoms with E-state index < -0.39 is 0 Å². The first-order valence-electron chi connectivity index (χ1n) is 7.84. The van der Waals surface area contributed by atoms with Crippen molar-refractivity contribution in [1.82, 2.24) is 4.57 Å². The molecule has 25 heavy (non-hydrogen) atoms. The number of hydrogen-bond acceptors (Lipinski definition) is 2. The quantitative estimate of drug-likeness (QED) is 0.791. The third-order valence-corrected chi connectivity index (χ3v) is 3.78. The van der Waals surface area contributed by atoms with Crippen molar-refractivity contribution in [3.63, 3.8) is 0 Å². The van der Waals surface area contributed by atoms with Crippen molar-refractivity contribution in [2.45, 2.75) is 13.5 Å². The number of rotatable bonds is 4. The number of carbonyl (C=O) groups is 1. The minimum Gasteiger partial charge on any atom is -0.322 e. The van der Waals surface area contributed by atoms with Crippen molar-refractivity contribution >= 4 is 11.6 Å². The molecule has 0 aliphatic carbocycles. The van der Waals surface area contributed by atoms with E-state index >= 15 is 0 Å². The van der Waals surface area contributed by atoms with Crippen LogP contribution in [0.25, 0.3) is 0 Å². The van der Waals surface area contributed by atoms with Crippen LogP contribution in [-0.4, -0.2) is 10.5 Å². The summed E-state index contributed by atoms with van der Waals surface area (Å²) in [5.74, 6) is -0.727. The van der Waals surface area contributed by atoms with E-state index in [9.17, 15) is 14.0 Å². The van der Waals surface area contributed by atoms with Crippen molar-refractivity contribution in [3.8, 4) is 0 Å². The van der Waals surface area contributed by atoms with Crippen molar-refractivity contribution < 1.29 is 9.18 Å². The summed E-state index contributed by atoms with van der Waals surface area (Å²) in [6.07, 6.45) is 1.53. The Balaban J connectivity index is 1.82.